The van der Waals surface area contributed by atoms with Gasteiger partial charge in [-0.05, 0) is 95.8 Å². The molecule has 1 aliphatic rings. The third-order valence-electron chi connectivity index (χ3n) is 3.94. The van der Waals surface area contributed by atoms with Crippen LogP contribution in [0.25, 0.3) is 0 Å². The van der Waals surface area contributed by atoms with Gasteiger partial charge in [-0.25, -0.2) is 0 Å². The topological polar surface area (TPSA) is 12.0 Å². The van der Waals surface area contributed by atoms with Crippen molar-refractivity contribution in [1.82, 2.24) is 0 Å². The van der Waals surface area contributed by atoms with Gasteiger partial charge in [-0.1, -0.05) is 22.0 Å². The van der Waals surface area contributed by atoms with Gasteiger partial charge in [0.2, 0.25) is 0 Å². The molecule has 0 radical (unpaired) electrons. The molecule has 3 heteroatoms. The van der Waals surface area contributed by atoms with Crippen LogP contribution < -0.4 is 5.32 Å². The summed E-state index contributed by atoms with van der Waals surface area (Å²) >= 11 is 5.92. The second kappa shape index (κ2) is 6.06. The Labute approximate surface area is 142 Å². The van der Waals surface area contributed by atoms with Crippen LogP contribution in [0.4, 0.5) is 5.69 Å². The fraction of sp³-hybridized carbons (Fsp3) is 0.294. The van der Waals surface area contributed by atoms with Gasteiger partial charge >= 0.3 is 0 Å². The van der Waals surface area contributed by atoms with Crippen molar-refractivity contribution < 1.29 is 0 Å². The molecule has 1 N–H and O–H groups in total. The number of hydrogen-bond acceptors (Lipinski definition) is 1. The number of nitrogens with one attached hydrogen (secondary N) is 1. The Balaban J connectivity index is 1.75. The van der Waals surface area contributed by atoms with Crippen molar-refractivity contribution in [3.63, 3.8) is 0 Å². The van der Waals surface area contributed by atoms with E-state index in [1.54, 1.807) is 0 Å². The van der Waals surface area contributed by atoms with E-state index in [0.29, 0.717) is 6.04 Å². The minimum absolute atomic E-state index is 0.544. The van der Waals surface area contributed by atoms with Gasteiger partial charge in [0.25, 0.3) is 0 Å². The molecule has 0 saturated heterocycles. The summed E-state index contributed by atoms with van der Waals surface area (Å²) in [4.78, 5) is 0. The molecule has 0 fully saturated rings. The highest BCUT2D eigenvalue weighted by Crippen LogP contribution is 2.27. The molecule has 3 rings (SSSR count). The maximum Gasteiger partial charge on any atom is 0.0372 e. The van der Waals surface area contributed by atoms with E-state index in [9.17, 15) is 0 Å². The molecular weight excluding hydrogens is 425 g/mol. The van der Waals surface area contributed by atoms with Crippen LogP contribution in [0.3, 0.4) is 0 Å². The first-order chi connectivity index (χ1) is 9.61. The van der Waals surface area contributed by atoms with E-state index in [1.807, 2.05) is 0 Å². The van der Waals surface area contributed by atoms with Crippen molar-refractivity contribution in [3.8, 4) is 0 Å². The van der Waals surface area contributed by atoms with Gasteiger partial charge in [0.05, 0.1) is 0 Å². The van der Waals surface area contributed by atoms with Gasteiger partial charge in [0, 0.05) is 19.8 Å². The van der Waals surface area contributed by atoms with Crippen LogP contribution in [0.5, 0.6) is 0 Å². The lowest BCUT2D eigenvalue weighted by Gasteiger charge is -2.27. The molecule has 0 saturated carbocycles. The van der Waals surface area contributed by atoms with Crippen molar-refractivity contribution >= 4 is 44.2 Å². The van der Waals surface area contributed by atoms with Crippen molar-refractivity contribution in [2.24, 2.45) is 0 Å². The molecule has 1 aliphatic carbocycles. The second-order valence-corrected chi connectivity index (χ2v) is 7.62. The van der Waals surface area contributed by atoms with E-state index < -0.39 is 0 Å². The molecule has 0 bridgehead atoms. The average Bonchev–Trinajstić information content (AvgIpc) is 2.42. The van der Waals surface area contributed by atoms with E-state index in [-0.39, 0.29) is 0 Å². The number of anilines is 1. The summed E-state index contributed by atoms with van der Waals surface area (Å²) in [6.07, 6.45) is 3.48. The van der Waals surface area contributed by atoms with Crippen molar-refractivity contribution in [3.05, 3.63) is 61.1 Å². The van der Waals surface area contributed by atoms with E-state index >= 15 is 0 Å². The van der Waals surface area contributed by atoms with Crippen LogP contribution in [-0.2, 0) is 12.8 Å². The van der Waals surface area contributed by atoms with Gasteiger partial charge < -0.3 is 5.32 Å². The summed E-state index contributed by atoms with van der Waals surface area (Å²) in [7, 11) is 0. The van der Waals surface area contributed by atoms with Gasteiger partial charge in [-0.3, -0.25) is 0 Å². The standard InChI is InChI=1S/C17H17BrIN/c1-11-8-15(19)5-7-17(11)20-16-6-3-12-9-14(18)4-2-13(12)10-16/h2,4-5,7-9,16,20H,3,6,10H2,1H3. The average molecular weight is 442 g/mol. The summed E-state index contributed by atoms with van der Waals surface area (Å²) in [5, 5.41) is 3.72. The monoisotopic (exact) mass is 441 g/mol. The lowest BCUT2D eigenvalue weighted by atomic mass is 9.88. The second-order valence-electron chi connectivity index (χ2n) is 5.46. The largest absolute Gasteiger partial charge is 0.382 e. The molecule has 1 atom stereocenters. The van der Waals surface area contributed by atoms with Crippen molar-refractivity contribution in [1.29, 1.82) is 0 Å². The molecular formula is C17H17BrIN. The SMILES string of the molecule is Cc1cc(I)ccc1NC1CCc2cc(Br)ccc2C1. The molecule has 0 heterocycles. The predicted molar refractivity (Wildman–Crippen MR) is 97.5 cm³/mol. The zero-order valence-corrected chi connectivity index (χ0v) is 15.2. The fourth-order valence-corrected chi connectivity index (χ4v) is 3.91. The van der Waals surface area contributed by atoms with E-state index in [0.717, 1.165) is 12.8 Å². The highest BCUT2D eigenvalue weighted by Gasteiger charge is 2.19. The molecule has 20 heavy (non-hydrogen) atoms. The molecule has 0 spiro atoms. The number of rotatable bonds is 2. The smallest absolute Gasteiger partial charge is 0.0372 e. The van der Waals surface area contributed by atoms with Gasteiger partial charge in [0.1, 0.15) is 0 Å². The quantitative estimate of drug-likeness (QED) is 0.621. The maximum atomic E-state index is 3.72. The molecule has 2 aromatic rings. The van der Waals surface area contributed by atoms with Crippen LogP contribution in [0.1, 0.15) is 23.1 Å². The Kier molecular flexibility index (Phi) is 4.36. The van der Waals surface area contributed by atoms with E-state index in [2.05, 4.69) is 87.2 Å². The highest BCUT2D eigenvalue weighted by molar-refractivity contribution is 14.1. The van der Waals surface area contributed by atoms with Crippen LogP contribution in [0, 0.1) is 10.5 Å². The van der Waals surface area contributed by atoms with Gasteiger partial charge in [-0.15, -0.1) is 0 Å². The highest BCUT2D eigenvalue weighted by atomic mass is 127. The van der Waals surface area contributed by atoms with Gasteiger partial charge in [-0.2, -0.15) is 0 Å². The predicted octanol–water partition coefficient (Wildman–Crippen LogP) is 5.33. The summed E-state index contributed by atoms with van der Waals surface area (Å²) in [6.45, 7) is 2.18. The van der Waals surface area contributed by atoms with E-state index in [1.165, 1.54) is 36.8 Å². The number of halogens is 2. The fourth-order valence-electron chi connectivity index (χ4n) is 2.86. The third-order valence-corrected chi connectivity index (χ3v) is 5.11. The zero-order valence-electron chi connectivity index (χ0n) is 11.4. The Morgan fingerprint density at radius 2 is 2.00 bits per heavy atom. The maximum absolute atomic E-state index is 3.72. The lowest BCUT2D eigenvalue weighted by Crippen LogP contribution is -2.27. The molecule has 1 nitrogen and oxygen atoms in total. The molecule has 0 aliphatic heterocycles. The molecule has 2 aromatic carbocycles. The molecule has 104 valence electrons. The Morgan fingerprint density at radius 1 is 1.15 bits per heavy atom. The number of aryl methyl sites for hydroxylation is 2. The van der Waals surface area contributed by atoms with Crippen LogP contribution in [0.15, 0.2) is 40.9 Å². The summed E-state index contributed by atoms with van der Waals surface area (Å²) < 4.78 is 2.49. The number of benzene rings is 2. The first-order valence-electron chi connectivity index (χ1n) is 6.92. The molecule has 1 unspecified atom stereocenters. The lowest BCUT2D eigenvalue weighted by molar-refractivity contribution is 0.610. The van der Waals surface area contributed by atoms with E-state index in [4.69, 9.17) is 0 Å². The van der Waals surface area contributed by atoms with Crippen molar-refractivity contribution in [2.75, 3.05) is 5.32 Å². The van der Waals surface area contributed by atoms with Crippen LogP contribution in [-0.4, -0.2) is 6.04 Å². The Morgan fingerprint density at radius 3 is 2.80 bits per heavy atom. The Bertz CT molecular complexity index is 639. The first-order valence-corrected chi connectivity index (χ1v) is 8.79. The molecule has 0 amide bonds. The van der Waals surface area contributed by atoms with Crippen LogP contribution >= 0.6 is 38.5 Å². The minimum Gasteiger partial charge on any atom is -0.382 e. The minimum atomic E-state index is 0.544. The van der Waals surface area contributed by atoms with Gasteiger partial charge in [0.15, 0.2) is 0 Å². The third kappa shape index (κ3) is 3.19. The van der Waals surface area contributed by atoms with Crippen molar-refractivity contribution in [2.45, 2.75) is 32.2 Å². The summed E-state index contributed by atoms with van der Waals surface area (Å²) in [6, 6.07) is 13.8. The zero-order chi connectivity index (χ0) is 14.1. The first kappa shape index (κ1) is 14.4. The summed E-state index contributed by atoms with van der Waals surface area (Å²) in [5.74, 6) is 0. The van der Waals surface area contributed by atoms with Crippen LogP contribution in [0.2, 0.25) is 0 Å². The number of hydrogen-bond donors (Lipinski definition) is 1. The normalized spacial score (nSPS) is 17.6. The Hall–Kier alpha value is -0.550. The summed E-state index contributed by atoms with van der Waals surface area (Å²) in [5.41, 5.74) is 5.59. The number of fused-ring (bicyclic) bond motifs is 1. The molecule has 0 aromatic heterocycles.